The molecule has 0 amide bonds. The second-order valence-electron chi connectivity index (χ2n) is 6.72. The largest absolute Gasteiger partial charge is 0.488 e. The maximum absolute atomic E-state index is 12.5. The van der Waals surface area contributed by atoms with Crippen molar-refractivity contribution in [3.8, 4) is 5.75 Å². The van der Waals surface area contributed by atoms with Gasteiger partial charge in [0.1, 0.15) is 12.4 Å². The highest BCUT2D eigenvalue weighted by atomic mass is 35.5. The van der Waals surface area contributed by atoms with Gasteiger partial charge in [-0.2, -0.15) is 13.2 Å². The Morgan fingerprint density at radius 2 is 2.13 bits per heavy atom. The number of ether oxygens (including phenoxy) is 1. The number of nitrogens with zero attached hydrogens (tertiary/aromatic N) is 3. The Balaban J connectivity index is 1.59. The molecule has 0 saturated carbocycles. The van der Waals surface area contributed by atoms with Crippen molar-refractivity contribution in [1.29, 1.82) is 0 Å². The highest BCUT2D eigenvalue weighted by Gasteiger charge is 2.35. The van der Waals surface area contributed by atoms with Crippen LogP contribution in [0.3, 0.4) is 0 Å². The van der Waals surface area contributed by atoms with Gasteiger partial charge in [0.15, 0.2) is 5.84 Å². The Kier molecular flexibility index (Phi) is 7.38. The molecule has 164 valence electrons. The van der Waals surface area contributed by atoms with Gasteiger partial charge in [-0.3, -0.25) is 0 Å². The van der Waals surface area contributed by atoms with Crippen molar-refractivity contribution in [3.63, 3.8) is 0 Å². The molecular formula is C18H20ClF3N4O2S2. The van der Waals surface area contributed by atoms with Crippen LogP contribution in [-0.2, 0) is 6.61 Å². The second kappa shape index (κ2) is 9.63. The molecule has 0 atom stereocenters. The number of benzene rings is 1. The Hall–Kier alpha value is -1.69. The summed E-state index contributed by atoms with van der Waals surface area (Å²) < 4.78 is 44.7. The zero-order valence-electron chi connectivity index (χ0n) is 15.9. The first-order valence-corrected chi connectivity index (χ1v) is 11.0. The minimum Gasteiger partial charge on any atom is -0.488 e. The van der Waals surface area contributed by atoms with E-state index in [9.17, 15) is 13.2 Å². The molecule has 2 aromatic rings. The summed E-state index contributed by atoms with van der Waals surface area (Å²) in [5.74, 6) is 0.595. The van der Waals surface area contributed by atoms with E-state index in [0.717, 1.165) is 15.6 Å². The van der Waals surface area contributed by atoms with Crippen molar-refractivity contribution >= 4 is 40.7 Å². The minimum atomic E-state index is -4.24. The van der Waals surface area contributed by atoms with Gasteiger partial charge in [0, 0.05) is 36.5 Å². The molecule has 0 radical (unpaired) electrons. The minimum absolute atomic E-state index is 0.0493. The highest BCUT2D eigenvalue weighted by molar-refractivity contribution is 7.97. The number of piperidine rings is 1. The number of aryl methyl sites for hydroxylation is 1. The molecule has 1 aromatic carbocycles. The Labute approximate surface area is 185 Å². The molecule has 6 nitrogen and oxygen atoms in total. The first-order chi connectivity index (χ1) is 14.2. The molecule has 30 heavy (non-hydrogen) atoms. The van der Waals surface area contributed by atoms with Crippen LogP contribution in [-0.4, -0.2) is 38.9 Å². The zero-order valence-corrected chi connectivity index (χ0v) is 18.3. The first-order valence-electron chi connectivity index (χ1n) is 9.03. The van der Waals surface area contributed by atoms with E-state index in [1.165, 1.54) is 15.6 Å². The molecule has 1 aliphatic heterocycles. The molecule has 0 bridgehead atoms. The SMILES string of the molecule is Cc1nc(C2CCN(SC(F)(F)F)CC2)sc1COc1ccc(/C(N)=N/O)c(Cl)c1. The summed E-state index contributed by atoms with van der Waals surface area (Å²) in [5.41, 5.74) is 2.56. The monoisotopic (exact) mass is 480 g/mol. The molecule has 1 aromatic heterocycles. The zero-order chi connectivity index (χ0) is 21.9. The number of amidine groups is 1. The molecule has 1 fully saturated rings. The lowest BCUT2D eigenvalue weighted by Crippen LogP contribution is -2.30. The average molecular weight is 481 g/mol. The third kappa shape index (κ3) is 5.93. The first kappa shape index (κ1) is 23.0. The molecular weight excluding hydrogens is 461 g/mol. The fourth-order valence-corrected chi connectivity index (χ4v) is 5.20. The van der Waals surface area contributed by atoms with Crippen LogP contribution < -0.4 is 10.5 Å². The van der Waals surface area contributed by atoms with E-state index in [0.29, 0.717) is 48.9 Å². The summed E-state index contributed by atoms with van der Waals surface area (Å²) in [6.07, 6.45) is 1.28. The molecule has 12 heteroatoms. The van der Waals surface area contributed by atoms with Crippen LogP contribution in [0.2, 0.25) is 5.02 Å². The number of thiazole rings is 1. The van der Waals surface area contributed by atoms with E-state index in [1.54, 1.807) is 18.2 Å². The maximum Gasteiger partial charge on any atom is 0.456 e. The van der Waals surface area contributed by atoms with Crippen LogP contribution >= 0.6 is 34.9 Å². The van der Waals surface area contributed by atoms with Gasteiger partial charge in [-0.25, -0.2) is 9.29 Å². The van der Waals surface area contributed by atoms with Crippen molar-refractivity contribution in [2.75, 3.05) is 13.1 Å². The summed E-state index contributed by atoms with van der Waals surface area (Å²) in [6, 6.07) is 4.86. The molecule has 2 heterocycles. The smallest absolute Gasteiger partial charge is 0.456 e. The van der Waals surface area contributed by atoms with Crippen molar-refractivity contribution in [2.24, 2.45) is 10.9 Å². The number of nitrogens with two attached hydrogens (primary N) is 1. The average Bonchev–Trinajstić information content (AvgIpc) is 3.06. The number of hydrogen-bond acceptors (Lipinski definition) is 7. The van der Waals surface area contributed by atoms with Gasteiger partial charge in [0.05, 0.1) is 20.6 Å². The van der Waals surface area contributed by atoms with Crippen molar-refractivity contribution < 1.29 is 23.1 Å². The van der Waals surface area contributed by atoms with Gasteiger partial charge in [0.2, 0.25) is 0 Å². The quantitative estimate of drug-likeness (QED) is 0.196. The van der Waals surface area contributed by atoms with Crippen molar-refractivity contribution in [3.05, 3.63) is 44.4 Å². The fourth-order valence-electron chi connectivity index (χ4n) is 3.10. The normalized spacial score (nSPS) is 16.8. The van der Waals surface area contributed by atoms with Crippen LogP contribution in [0.15, 0.2) is 23.4 Å². The molecule has 3 rings (SSSR count). The molecule has 1 saturated heterocycles. The van der Waals surface area contributed by atoms with Gasteiger partial charge in [-0.1, -0.05) is 16.8 Å². The second-order valence-corrected chi connectivity index (χ2v) is 9.40. The van der Waals surface area contributed by atoms with Crippen LogP contribution in [0.5, 0.6) is 5.75 Å². The Morgan fingerprint density at radius 1 is 1.43 bits per heavy atom. The predicted octanol–water partition coefficient (Wildman–Crippen LogP) is 5.13. The number of hydrogen-bond donors (Lipinski definition) is 2. The number of alkyl halides is 3. The van der Waals surface area contributed by atoms with E-state index in [2.05, 4.69) is 10.1 Å². The standard InChI is InChI=1S/C18H20ClF3N4O2S2/c1-10-15(9-28-12-2-3-13(14(19)8-12)16(23)25-27)29-17(24-10)11-4-6-26(7-5-11)30-18(20,21)22/h2-3,8,11,27H,4-7,9H2,1H3,(H2,23,25). The van der Waals surface area contributed by atoms with E-state index in [-0.39, 0.29) is 23.7 Å². The van der Waals surface area contributed by atoms with Crippen LogP contribution in [0.1, 0.15) is 39.9 Å². The third-order valence-corrected chi connectivity index (χ3v) is 7.08. The molecule has 1 aliphatic rings. The summed E-state index contributed by atoms with van der Waals surface area (Å²) in [4.78, 5) is 5.57. The van der Waals surface area contributed by atoms with Crippen LogP contribution in [0.25, 0.3) is 0 Å². The van der Waals surface area contributed by atoms with Gasteiger partial charge >= 0.3 is 5.51 Å². The van der Waals surface area contributed by atoms with Gasteiger partial charge in [-0.05, 0) is 38.0 Å². The van der Waals surface area contributed by atoms with E-state index >= 15 is 0 Å². The molecule has 0 unspecified atom stereocenters. The summed E-state index contributed by atoms with van der Waals surface area (Å²) in [5, 5.41) is 12.9. The maximum atomic E-state index is 12.5. The summed E-state index contributed by atoms with van der Waals surface area (Å²) >= 11 is 7.61. The van der Waals surface area contributed by atoms with Crippen molar-refractivity contribution in [2.45, 2.75) is 37.8 Å². The molecule has 0 aliphatic carbocycles. The van der Waals surface area contributed by atoms with Crippen LogP contribution in [0, 0.1) is 6.92 Å². The number of halogens is 4. The number of oxime groups is 1. The highest BCUT2D eigenvalue weighted by Crippen LogP contribution is 2.39. The lowest BCUT2D eigenvalue weighted by molar-refractivity contribution is -0.0366. The molecule has 0 spiro atoms. The molecule has 3 N–H and O–H groups in total. The van der Waals surface area contributed by atoms with Crippen LogP contribution in [0.4, 0.5) is 13.2 Å². The van der Waals surface area contributed by atoms with E-state index in [4.69, 9.17) is 27.3 Å². The Morgan fingerprint density at radius 3 is 2.73 bits per heavy atom. The Bertz CT molecular complexity index is 915. The summed E-state index contributed by atoms with van der Waals surface area (Å²) in [7, 11) is 0. The third-order valence-electron chi connectivity index (χ3n) is 4.64. The lowest BCUT2D eigenvalue weighted by atomic mass is 9.99. The number of rotatable bonds is 6. The van der Waals surface area contributed by atoms with E-state index < -0.39 is 5.51 Å². The predicted molar refractivity (Wildman–Crippen MR) is 112 cm³/mol. The van der Waals surface area contributed by atoms with Gasteiger partial charge in [-0.15, -0.1) is 11.3 Å². The van der Waals surface area contributed by atoms with Gasteiger partial charge in [0.25, 0.3) is 0 Å². The number of aromatic nitrogens is 1. The lowest BCUT2D eigenvalue weighted by Gasteiger charge is -2.30. The summed E-state index contributed by atoms with van der Waals surface area (Å²) in [6.45, 7) is 2.95. The van der Waals surface area contributed by atoms with Gasteiger partial charge < -0.3 is 15.7 Å². The fraction of sp³-hybridized carbons (Fsp3) is 0.444. The van der Waals surface area contributed by atoms with Crippen molar-refractivity contribution in [1.82, 2.24) is 9.29 Å². The topological polar surface area (TPSA) is 84.0 Å². The van der Waals surface area contributed by atoms with E-state index in [1.807, 2.05) is 6.92 Å².